The van der Waals surface area contributed by atoms with Crippen LogP contribution in [0.3, 0.4) is 0 Å². The lowest BCUT2D eigenvalue weighted by molar-refractivity contribution is 0.0697. The van der Waals surface area contributed by atoms with Crippen molar-refractivity contribution in [3.8, 4) is 5.75 Å². The van der Waals surface area contributed by atoms with Crippen LogP contribution in [0.25, 0.3) is 0 Å². The molecule has 2 aromatic carbocycles. The smallest absolute Gasteiger partial charge is 0.337 e. The second-order valence-corrected chi connectivity index (χ2v) is 5.84. The van der Waals surface area contributed by atoms with Crippen LogP contribution in [0.2, 0.25) is 0 Å². The van der Waals surface area contributed by atoms with E-state index in [0.29, 0.717) is 12.2 Å². The third kappa shape index (κ3) is 3.03. The van der Waals surface area contributed by atoms with Gasteiger partial charge in [0.15, 0.2) is 0 Å². The Morgan fingerprint density at radius 2 is 2.14 bits per heavy atom. The summed E-state index contributed by atoms with van der Waals surface area (Å²) in [5, 5.41) is 12.4. The number of aromatic carboxylic acids is 1. The SMILES string of the molecule is O=C(O)c1cc(Br)ccc1NCC1Cc2ccccc2O1. The van der Waals surface area contributed by atoms with Crippen molar-refractivity contribution < 1.29 is 14.6 Å². The van der Waals surface area contributed by atoms with Crippen LogP contribution in [0, 0.1) is 0 Å². The molecule has 0 spiro atoms. The zero-order valence-electron chi connectivity index (χ0n) is 11.2. The molecule has 0 amide bonds. The molecule has 2 N–H and O–H groups in total. The second kappa shape index (κ2) is 5.77. The standard InChI is InChI=1S/C16H14BrNO3/c17-11-5-6-14(13(8-11)16(19)20)18-9-12-7-10-3-1-2-4-15(10)21-12/h1-6,8,12,18H,7,9H2,(H,19,20). The first kappa shape index (κ1) is 13.9. The molecule has 108 valence electrons. The fraction of sp³-hybridized carbons (Fsp3) is 0.188. The van der Waals surface area contributed by atoms with E-state index in [4.69, 9.17) is 4.74 Å². The van der Waals surface area contributed by atoms with Crippen molar-refractivity contribution in [2.45, 2.75) is 12.5 Å². The zero-order valence-corrected chi connectivity index (χ0v) is 12.8. The first-order chi connectivity index (χ1) is 10.1. The molecular weight excluding hydrogens is 334 g/mol. The molecular formula is C16H14BrNO3. The summed E-state index contributed by atoms with van der Waals surface area (Å²) in [6.45, 7) is 0.566. The molecule has 1 heterocycles. The van der Waals surface area contributed by atoms with Gasteiger partial charge >= 0.3 is 5.97 Å². The molecule has 3 rings (SSSR count). The third-order valence-corrected chi connectivity index (χ3v) is 3.94. The van der Waals surface area contributed by atoms with Gasteiger partial charge in [0, 0.05) is 16.6 Å². The number of para-hydroxylation sites is 1. The Labute approximate surface area is 130 Å². The van der Waals surface area contributed by atoms with Crippen molar-refractivity contribution in [2.75, 3.05) is 11.9 Å². The number of benzene rings is 2. The quantitative estimate of drug-likeness (QED) is 0.887. The van der Waals surface area contributed by atoms with Gasteiger partial charge in [-0.05, 0) is 29.8 Å². The number of carboxylic acids is 1. The summed E-state index contributed by atoms with van der Waals surface area (Å²) < 4.78 is 6.58. The first-order valence-electron chi connectivity index (χ1n) is 6.65. The topological polar surface area (TPSA) is 58.6 Å². The molecule has 0 saturated heterocycles. The second-order valence-electron chi connectivity index (χ2n) is 4.93. The van der Waals surface area contributed by atoms with Crippen LogP contribution in [0.5, 0.6) is 5.75 Å². The van der Waals surface area contributed by atoms with Gasteiger partial charge in [-0.25, -0.2) is 4.79 Å². The minimum atomic E-state index is -0.950. The number of carboxylic acid groups (broad SMARTS) is 1. The van der Waals surface area contributed by atoms with Gasteiger partial charge in [-0.2, -0.15) is 0 Å². The summed E-state index contributed by atoms with van der Waals surface area (Å²) in [7, 11) is 0. The van der Waals surface area contributed by atoms with Gasteiger partial charge in [-0.3, -0.25) is 0 Å². The summed E-state index contributed by atoms with van der Waals surface area (Å²) in [5.74, 6) is -0.0343. The minimum Gasteiger partial charge on any atom is -0.488 e. The van der Waals surface area contributed by atoms with Crippen LogP contribution in [0.4, 0.5) is 5.69 Å². The van der Waals surface area contributed by atoms with Gasteiger partial charge in [-0.1, -0.05) is 34.1 Å². The summed E-state index contributed by atoms with van der Waals surface area (Å²) >= 11 is 3.29. The van der Waals surface area contributed by atoms with E-state index < -0.39 is 5.97 Å². The van der Waals surface area contributed by atoms with E-state index in [1.807, 2.05) is 24.3 Å². The lowest BCUT2D eigenvalue weighted by atomic mass is 10.1. The Balaban J connectivity index is 1.68. The molecule has 2 aromatic rings. The number of hydrogen-bond acceptors (Lipinski definition) is 3. The average Bonchev–Trinajstić information content (AvgIpc) is 2.88. The lowest BCUT2D eigenvalue weighted by Crippen LogP contribution is -2.24. The normalized spacial score (nSPS) is 16.1. The molecule has 21 heavy (non-hydrogen) atoms. The van der Waals surface area contributed by atoms with Gasteiger partial charge in [0.25, 0.3) is 0 Å². The van der Waals surface area contributed by atoms with Crippen LogP contribution in [-0.4, -0.2) is 23.7 Å². The fourth-order valence-electron chi connectivity index (χ4n) is 2.44. The minimum absolute atomic E-state index is 0.0210. The number of rotatable bonds is 4. The number of ether oxygens (including phenoxy) is 1. The predicted octanol–water partition coefficient (Wildman–Crippen LogP) is 3.56. The molecule has 0 aliphatic carbocycles. The van der Waals surface area contributed by atoms with E-state index in [1.54, 1.807) is 12.1 Å². The largest absolute Gasteiger partial charge is 0.488 e. The number of anilines is 1. The Morgan fingerprint density at radius 3 is 2.90 bits per heavy atom. The van der Waals surface area contributed by atoms with Crippen molar-refractivity contribution in [1.82, 2.24) is 0 Å². The molecule has 5 heteroatoms. The van der Waals surface area contributed by atoms with Crippen molar-refractivity contribution in [2.24, 2.45) is 0 Å². The Kier molecular flexibility index (Phi) is 3.84. The van der Waals surface area contributed by atoms with E-state index in [2.05, 4.69) is 27.3 Å². The predicted molar refractivity (Wildman–Crippen MR) is 84.2 cm³/mol. The van der Waals surface area contributed by atoms with Gasteiger partial charge in [0.2, 0.25) is 0 Å². The van der Waals surface area contributed by atoms with Gasteiger partial charge < -0.3 is 15.2 Å². The van der Waals surface area contributed by atoms with Crippen molar-refractivity contribution in [3.05, 3.63) is 58.1 Å². The maximum Gasteiger partial charge on any atom is 0.337 e. The first-order valence-corrected chi connectivity index (χ1v) is 7.44. The molecule has 1 aliphatic heterocycles. The molecule has 1 unspecified atom stereocenters. The molecule has 4 nitrogen and oxygen atoms in total. The number of fused-ring (bicyclic) bond motifs is 1. The average molecular weight is 348 g/mol. The summed E-state index contributed by atoms with van der Waals surface area (Å²) in [6, 6.07) is 13.1. The van der Waals surface area contributed by atoms with Crippen LogP contribution >= 0.6 is 15.9 Å². The molecule has 1 aliphatic rings. The molecule has 0 saturated carbocycles. The Bertz CT molecular complexity index is 662. The highest BCUT2D eigenvalue weighted by Crippen LogP contribution is 2.28. The van der Waals surface area contributed by atoms with Crippen molar-refractivity contribution in [3.63, 3.8) is 0 Å². The van der Waals surface area contributed by atoms with E-state index >= 15 is 0 Å². The zero-order chi connectivity index (χ0) is 14.8. The van der Waals surface area contributed by atoms with Crippen molar-refractivity contribution >= 4 is 27.6 Å². The number of halogens is 1. The highest BCUT2D eigenvalue weighted by atomic mass is 79.9. The van der Waals surface area contributed by atoms with Gasteiger partial charge in [0.05, 0.1) is 12.1 Å². The summed E-state index contributed by atoms with van der Waals surface area (Å²) in [6.07, 6.45) is 0.856. The van der Waals surface area contributed by atoms with Crippen LogP contribution in [0.15, 0.2) is 46.9 Å². The number of carbonyl (C=O) groups is 1. The van der Waals surface area contributed by atoms with E-state index in [1.165, 1.54) is 5.56 Å². The lowest BCUT2D eigenvalue weighted by Gasteiger charge is -2.14. The van der Waals surface area contributed by atoms with Crippen LogP contribution in [-0.2, 0) is 6.42 Å². The fourth-order valence-corrected chi connectivity index (χ4v) is 2.80. The van der Waals surface area contributed by atoms with E-state index in [-0.39, 0.29) is 11.7 Å². The molecule has 0 fully saturated rings. The molecule has 0 aromatic heterocycles. The van der Waals surface area contributed by atoms with E-state index in [0.717, 1.165) is 16.6 Å². The molecule has 0 bridgehead atoms. The number of hydrogen-bond donors (Lipinski definition) is 2. The maximum absolute atomic E-state index is 11.3. The highest BCUT2D eigenvalue weighted by Gasteiger charge is 2.22. The van der Waals surface area contributed by atoms with Crippen LogP contribution in [0.1, 0.15) is 15.9 Å². The van der Waals surface area contributed by atoms with E-state index in [9.17, 15) is 9.90 Å². The maximum atomic E-state index is 11.3. The summed E-state index contributed by atoms with van der Waals surface area (Å²) in [5.41, 5.74) is 2.05. The van der Waals surface area contributed by atoms with Crippen molar-refractivity contribution in [1.29, 1.82) is 0 Å². The van der Waals surface area contributed by atoms with Gasteiger partial charge in [0.1, 0.15) is 11.9 Å². The molecule has 1 atom stereocenters. The molecule has 0 radical (unpaired) electrons. The monoisotopic (exact) mass is 347 g/mol. The highest BCUT2D eigenvalue weighted by molar-refractivity contribution is 9.10. The third-order valence-electron chi connectivity index (χ3n) is 3.45. The Morgan fingerprint density at radius 1 is 1.33 bits per heavy atom. The summed E-state index contributed by atoms with van der Waals surface area (Å²) in [4.78, 5) is 11.3. The number of nitrogens with one attached hydrogen (secondary N) is 1. The van der Waals surface area contributed by atoms with Gasteiger partial charge in [-0.15, -0.1) is 0 Å². The Hall–Kier alpha value is -2.01. The van der Waals surface area contributed by atoms with Crippen LogP contribution < -0.4 is 10.1 Å².